The summed E-state index contributed by atoms with van der Waals surface area (Å²) in [5.41, 5.74) is 1.15. The van der Waals surface area contributed by atoms with Crippen LogP contribution in [-0.4, -0.2) is 12.9 Å². The van der Waals surface area contributed by atoms with E-state index >= 15 is 0 Å². The molecular formula is C13H16O2. The van der Waals surface area contributed by atoms with Crippen LogP contribution in [0.3, 0.4) is 0 Å². The normalized spacial score (nSPS) is 12.0. The van der Waals surface area contributed by atoms with Crippen LogP contribution in [0.1, 0.15) is 12.0 Å². The van der Waals surface area contributed by atoms with Crippen LogP contribution in [0, 0.1) is 5.92 Å². The van der Waals surface area contributed by atoms with Gasteiger partial charge in [0.15, 0.2) is 0 Å². The minimum Gasteiger partial charge on any atom is -0.377 e. The molecule has 1 aromatic rings. The molecule has 1 aromatic carbocycles. The lowest BCUT2D eigenvalue weighted by Crippen LogP contribution is -2.03. The fourth-order valence-electron chi connectivity index (χ4n) is 1.23. The molecule has 0 saturated heterocycles. The van der Waals surface area contributed by atoms with Crippen molar-refractivity contribution in [1.82, 2.24) is 0 Å². The number of benzene rings is 1. The minimum absolute atomic E-state index is 0.0826. The number of hydrogen-bond donors (Lipinski definition) is 0. The van der Waals surface area contributed by atoms with Gasteiger partial charge in [-0.05, 0) is 12.0 Å². The summed E-state index contributed by atoms with van der Waals surface area (Å²) in [5, 5.41) is 0. The molecule has 2 heteroatoms. The van der Waals surface area contributed by atoms with E-state index in [2.05, 4.69) is 6.58 Å². The highest BCUT2D eigenvalue weighted by molar-refractivity contribution is 5.56. The Morgan fingerprint density at radius 3 is 2.67 bits per heavy atom. The molecule has 0 heterocycles. The van der Waals surface area contributed by atoms with Crippen LogP contribution in [-0.2, 0) is 16.1 Å². The van der Waals surface area contributed by atoms with Gasteiger partial charge >= 0.3 is 0 Å². The molecule has 0 fully saturated rings. The highest BCUT2D eigenvalue weighted by atomic mass is 16.5. The van der Waals surface area contributed by atoms with Crippen LogP contribution in [0.25, 0.3) is 0 Å². The van der Waals surface area contributed by atoms with Gasteiger partial charge in [0, 0.05) is 12.5 Å². The third-order valence-corrected chi connectivity index (χ3v) is 2.18. The van der Waals surface area contributed by atoms with Gasteiger partial charge in [0.1, 0.15) is 6.29 Å². The summed E-state index contributed by atoms with van der Waals surface area (Å²) in [6.07, 6.45) is 3.26. The fourth-order valence-corrected chi connectivity index (χ4v) is 1.23. The van der Waals surface area contributed by atoms with Crippen LogP contribution >= 0.6 is 0 Å². The molecule has 0 aliphatic heterocycles. The van der Waals surface area contributed by atoms with Crippen molar-refractivity contribution in [3.8, 4) is 0 Å². The largest absolute Gasteiger partial charge is 0.377 e. The third-order valence-electron chi connectivity index (χ3n) is 2.18. The lowest BCUT2D eigenvalue weighted by Gasteiger charge is -2.06. The molecule has 1 rings (SSSR count). The third kappa shape index (κ3) is 4.56. The maximum Gasteiger partial charge on any atom is 0.126 e. The molecule has 0 spiro atoms. The lowest BCUT2D eigenvalue weighted by atomic mass is 10.1. The molecular weight excluding hydrogens is 188 g/mol. The summed E-state index contributed by atoms with van der Waals surface area (Å²) >= 11 is 0. The zero-order valence-electron chi connectivity index (χ0n) is 8.76. The average Bonchev–Trinajstić information content (AvgIpc) is 2.31. The highest BCUT2D eigenvalue weighted by Crippen LogP contribution is 2.04. The first-order valence-corrected chi connectivity index (χ1v) is 5.06. The van der Waals surface area contributed by atoms with E-state index in [0.717, 1.165) is 11.8 Å². The summed E-state index contributed by atoms with van der Waals surface area (Å²) in [5.74, 6) is -0.0826. The van der Waals surface area contributed by atoms with Gasteiger partial charge in [0.05, 0.1) is 6.61 Å². The summed E-state index contributed by atoms with van der Waals surface area (Å²) in [7, 11) is 0. The second-order valence-corrected chi connectivity index (χ2v) is 3.36. The summed E-state index contributed by atoms with van der Waals surface area (Å²) in [6, 6.07) is 9.98. The van der Waals surface area contributed by atoms with Crippen molar-refractivity contribution in [2.24, 2.45) is 5.92 Å². The predicted molar refractivity (Wildman–Crippen MR) is 60.5 cm³/mol. The quantitative estimate of drug-likeness (QED) is 0.387. The molecule has 2 nitrogen and oxygen atoms in total. The number of ether oxygens (including phenoxy) is 1. The maximum atomic E-state index is 10.5. The molecule has 0 saturated carbocycles. The molecule has 80 valence electrons. The molecule has 15 heavy (non-hydrogen) atoms. The number of allylic oxidation sites excluding steroid dienone is 1. The van der Waals surface area contributed by atoms with Gasteiger partial charge in [-0.2, -0.15) is 0 Å². The van der Waals surface area contributed by atoms with E-state index in [-0.39, 0.29) is 5.92 Å². The number of rotatable bonds is 7. The van der Waals surface area contributed by atoms with Gasteiger partial charge in [-0.15, -0.1) is 6.58 Å². The van der Waals surface area contributed by atoms with Gasteiger partial charge < -0.3 is 9.53 Å². The molecule has 0 aromatic heterocycles. The Hall–Kier alpha value is -1.41. The molecule has 0 N–H and O–H groups in total. The van der Waals surface area contributed by atoms with Crippen molar-refractivity contribution in [3.63, 3.8) is 0 Å². The van der Waals surface area contributed by atoms with Gasteiger partial charge in [0.2, 0.25) is 0 Å². The smallest absolute Gasteiger partial charge is 0.126 e. The van der Waals surface area contributed by atoms with E-state index in [1.165, 1.54) is 0 Å². The van der Waals surface area contributed by atoms with Gasteiger partial charge in [0.25, 0.3) is 0 Å². The number of aldehydes is 1. The van der Waals surface area contributed by atoms with Crippen molar-refractivity contribution in [1.29, 1.82) is 0 Å². The maximum absolute atomic E-state index is 10.5. The van der Waals surface area contributed by atoms with E-state index in [1.807, 2.05) is 30.3 Å². The SMILES string of the molecule is C=C[C@@H](C=O)CCOCc1ccccc1. The topological polar surface area (TPSA) is 26.3 Å². The molecule has 1 atom stereocenters. The number of carbonyl (C=O) groups is 1. The second-order valence-electron chi connectivity index (χ2n) is 3.36. The van der Waals surface area contributed by atoms with Gasteiger partial charge in [-0.25, -0.2) is 0 Å². The zero-order valence-corrected chi connectivity index (χ0v) is 8.76. The molecule has 0 amide bonds. The molecule has 0 unspecified atom stereocenters. The average molecular weight is 204 g/mol. The van der Waals surface area contributed by atoms with Crippen LogP contribution in [0.15, 0.2) is 43.0 Å². The Balaban J connectivity index is 2.17. The molecule has 0 radical (unpaired) electrons. The van der Waals surface area contributed by atoms with Crippen molar-refractivity contribution >= 4 is 6.29 Å². The summed E-state index contributed by atoms with van der Waals surface area (Å²) in [4.78, 5) is 10.5. The molecule has 0 aliphatic rings. The second kappa shape index (κ2) is 6.96. The van der Waals surface area contributed by atoms with Crippen molar-refractivity contribution in [3.05, 3.63) is 48.6 Å². The van der Waals surface area contributed by atoms with Crippen LogP contribution in [0.4, 0.5) is 0 Å². The van der Waals surface area contributed by atoms with E-state index in [9.17, 15) is 4.79 Å². The Labute approximate surface area is 90.6 Å². The standard InChI is InChI=1S/C13H16O2/c1-2-12(10-14)8-9-15-11-13-6-4-3-5-7-13/h2-7,10,12H,1,8-9,11H2/t12-/m1/s1. The first-order chi connectivity index (χ1) is 7.36. The fraction of sp³-hybridized carbons (Fsp3) is 0.308. The molecule has 0 aliphatic carbocycles. The van der Waals surface area contributed by atoms with Gasteiger partial charge in [-0.3, -0.25) is 0 Å². The zero-order chi connectivity index (χ0) is 10.9. The Kier molecular flexibility index (Phi) is 5.41. The summed E-state index contributed by atoms with van der Waals surface area (Å²) in [6.45, 7) is 4.77. The number of carbonyl (C=O) groups excluding carboxylic acids is 1. The van der Waals surface area contributed by atoms with Crippen LogP contribution in [0.5, 0.6) is 0 Å². The van der Waals surface area contributed by atoms with Crippen molar-refractivity contribution in [2.75, 3.05) is 6.61 Å². The van der Waals surface area contributed by atoms with E-state index in [1.54, 1.807) is 6.08 Å². The van der Waals surface area contributed by atoms with Crippen molar-refractivity contribution < 1.29 is 9.53 Å². The lowest BCUT2D eigenvalue weighted by molar-refractivity contribution is -0.110. The monoisotopic (exact) mass is 204 g/mol. The Morgan fingerprint density at radius 2 is 2.07 bits per heavy atom. The highest BCUT2D eigenvalue weighted by Gasteiger charge is 2.01. The van der Waals surface area contributed by atoms with E-state index < -0.39 is 0 Å². The van der Waals surface area contributed by atoms with Crippen LogP contribution in [0.2, 0.25) is 0 Å². The Bertz CT molecular complexity index is 285. The van der Waals surface area contributed by atoms with E-state index in [4.69, 9.17) is 4.74 Å². The first-order valence-electron chi connectivity index (χ1n) is 5.06. The van der Waals surface area contributed by atoms with E-state index in [0.29, 0.717) is 19.6 Å². The predicted octanol–water partition coefficient (Wildman–Crippen LogP) is 2.59. The summed E-state index contributed by atoms with van der Waals surface area (Å²) < 4.78 is 5.45. The first kappa shape index (κ1) is 11.7. The van der Waals surface area contributed by atoms with Gasteiger partial charge in [-0.1, -0.05) is 36.4 Å². The minimum atomic E-state index is -0.0826. The van der Waals surface area contributed by atoms with Crippen molar-refractivity contribution in [2.45, 2.75) is 13.0 Å². The Morgan fingerprint density at radius 1 is 1.33 bits per heavy atom. The number of hydrogen-bond acceptors (Lipinski definition) is 2. The molecule has 0 bridgehead atoms. The van der Waals surface area contributed by atoms with Crippen LogP contribution < -0.4 is 0 Å².